The number of halogens is 3. The second kappa shape index (κ2) is 4.69. The summed E-state index contributed by atoms with van der Waals surface area (Å²) in [6.07, 6.45) is -4.76. The monoisotopic (exact) mass is 276 g/mol. The maximum atomic E-state index is 12.8. The fourth-order valence-corrected chi connectivity index (χ4v) is 2.00. The molecule has 1 aliphatic rings. The molecule has 1 aromatic rings. The average molecular weight is 276 g/mol. The van der Waals surface area contributed by atoms with E-state index in [1.165, 1.54) is 6.07 Å². The molecule has 0 bridgehead atoms. The molecule has 0 atom stereocenters. The zero-order valence-electron chi connectivity index (χ0n) is 9.72. The van der Waals surface area contributed by atoms with Gasteiger partial charge in [-0.05, 0) is 12.1 Å². The van der Waals surface area contributed by atoms with E-state index in [4.69, 9.17) is 5.11 Å². The SMILES string of the molecule is O=[N+]([O-])c1ccc(N2CC(CO)C2)cc1C(F)(F)F. The van der Waals surface area contributed by atoms with Crippen molar-refractivity contribution in [3.63, 3.8) is 0 Å². The standard InChI is InChI=1S/C11H11F3N2O3/c12-11(13,14)9-3-8(1-2-10(9)16(18)19)15-4-7(5-15)6-17/h1-3,7,17H,4-6H2. The summed E-state index contributed by atoms with van der Waals surface area (Å²) in [5.41, 5.74) is -1.92. The van der Waals surface area contributed by atoms with Gasteiger partial charge in [0, 0.05) is 37.4 Å². The molecule has 0 radical (unpaired) electrons. The zero-order valence-corrected chi connectivity index (χ0v) is 9.72. The van der Waals surface area contributed by atoms with Gasteiger partial charge in [0.25, 0.3) is 5.69 Å². The van der Waals surface area contributed by atoms with Crippen molar-refractivity contribution in [3.05, 3.63) is 33.9 Å². The molecule has 1 aromatic carbocycles. The number of hydrogen-bond donors (Lipinski definition) is 1. The summed E-state index contributed by atoms with van der Waals surface area (Å²) in [5.74, 6) is 0.0459. The van der Waals surface area contributed by atoms with Crippen molar-refractivity contribution >= 4 is 11.4 Å². The minimum Gasteiger partial charge on any atom is -0.396 e. The number of nitrogens with zero attached hydrogens (tertiary/aromatic N) is 2. The Labute approximate surface area is 106 Å². The summed E-state index contributed by atoms with van der Waals surface area (Å²) >= 11 is 0. The lowest BCUT2D eigenvalue weighted by Crippen LogP contribution is -2.48. The summed E-state index contributed by atoms with van der Waals surface area (Å²) < 4.78 is 38.3. The van der Waals surface area contributed by atoms with Gasteiger partial charge < -0.3 is 10.0 Å². The Balaban J connectivity index is 2.32. The number of hydrogen-bond acceptors (Lipinski definition) is 4. The first-order chi connectivity index (χ1) is 8.82. The van der Waals surface area contributed by atoms with Crippen LogP contribution in [0.15, 0.2) is 18.2 Å². The van der Waals surface area contributed by atoms with Crippen LogP contribution in [0, 0.1) is 16.0 Å². The molecule has 0 amide bonds. The summed E-state index contributed by atoms with van der Waals surface area (Å²) in [5, 5.41) is 19.4. The minimum atomic E-state index is -4.76. The lowest BCUT2D eigenvalue weighted by atomic mass is 9.99. The normalized spacial score (nSPS) is 16.3. The average Bonchev–Trinajstić information content (AvgIpc) is 2.26. The highest BCUT2D eigenvalue weighted by atomic mass is 19.4. The molecule has 19 heavy (non-hydrogen) atoms. The molecule has 0 saturated carbocycles. The summed E-state index contributed by atoms with van der Waals surface area (Å²) in [6, 6.07) is 2.94. The molecule has 1 fully saturated rings. The molecular formula is C11H11F3N2O3. The molecule has 5 nitrogen and oxygen atoms in total. The molecule has 1 aliphatic heterocycles. The van der Waals surface area contributed by atoms with Gasteiger partial charge in [0.2, 0.25) is 0 Å². The third-order valence-corrected chi connectivity index (χ3v) is 3.06. The largest absolute Gasteiger partial charge is 0.423 e. The predicted molar refractivity (Wildman–Crippen MR) is 60.9 cm³/mol. The Hall–Kier alpha value is -1.83. The molecule has 104 valence electrons. The number of rotatable bonds is 3. The van der Waals surface area contributed by atoms with Crippen molar-refractivity contribution in [1.29, 1.82) is 0 Å². The van der Waals surface area contributed by atoms with Crippen LogP contribution in [-0.4, -0.2) is 29.7 Å². The first-order valence-electron chi connectivity index (χ1n) is 5.54. The maximum Gasteiger partial charge on any atom is 0.423 e. The molecule has 0 spiro atoms. The Morgan fingerprint density at radius 3 is 2.53 bits per heavy atom. The van der Waals surface area contributed by atoms with E-state index >= 15 is 0 Å². The summed E-state index contributed by atoms with van der Waals surface area (Å²) in [7, 11) is 0. The van der Waals surface area contributed by atoms with Gasteiger partial charge in [-0.3, -0.25) is 10.1 Å². The molecular weight excluding hydrogens is 265 g/mol. The van der Waals surface area contributed by atoms with E-state index in [2.05, 4.69) is 0 Å². The highest BCUT2D eigenvalue weighted by Gasteiger charge is 2.39. The number of alkyl halides is 3. The van der Waals surface area contributed by atoms with Crippen LogP contribution in [-0.2, 0) is 6.18 Å². The molecule has 1 saturated heterocycles. The van der Waals surface area contributed by atoms with Crippen LogP contribution in [0.25, 0.3) is 0 Å². The van der Waals surface area contributed by atoms with E-state index in [1.807, 2.05) is 0 Å². The van der Waals surface area contributed by atoms with Gasteiger partial charge in [-0.25, -0.2) is 0 Å². The van der Waals surface area contributed by atoms with Crippen LogP contribution in [0.2, 0.25) is 0 Å². The van der Waals surface area contributed by atoms with Crippen LogP contribution in [0.3, 0.4) is 0 Å². The minimum absolute atomic E-state index is 0.0182. The van der Waals surface area contributed by atoms with Gasteiger partial charge in [-0.1, -0.05) is 0 Å². The Morgan fingerprint density at radius 2 is 2.05 bits per heavy atom. The highest BCUT2D eigenvalue weighted by Crippen LogP contribution is 2.39. The molecule has 1 N–H and O–H groups in total. The topological polar surface area (TPSA) is 66.6 Å². The Morgan fingerprint density at radius 1 is 1.42 bits per heavy atom. The third-order valence-electron chi connectivity index (χ3n) is 3.06. The molecule has 2 rings (SSSR count). The first-order valence-corrected chi connectivity index (χ1v) is 5.54. The maximum absolute atomic E-state index is 12.8. The third kappa shape index (κ3) is 2.62. The number of benzene rings is 1. The second-order valence-electron chi connectivity index (χ2n) is 4.41. The Kier molecular flexibility index (Phi) is 3.36. The van der Waals surface area contributed by atoms with Crippen molar-refractivity contribution < 1.29 is 23.2 Å². The predicted octanol–water partition coefficient (Wildman–Crippen LogP) is 2.04. The smallest absolute Gasteiger partial charge is 0.396 e. The van der Waals surface area contributed by atoms with Crippen molar-refractivity contribution in [2.24, 2.45) is 5.92 Å². The fourth-order valence-electron chi connectivity index (χ4n) is 2.00. The van der Waals surface area contributed by atoms with Gasteiger partial charge in [-0.15, -0.1) is 0 Å². The van der Waals surface area contributed by atoms with E-state index < -0.39 is 22.4 Å². The van der Waals surface area contributed by atoms with Crippen molar-refractivity contribution in [2.45, 2.75) is 6.18 Å². The van der Waals surface area contributed by atoms with Crippen molar-refractivity contribution in [1.82, 2.24) is 0 Å². The van der Waals surface area contributed by atoms with E-state index in [1.54, 1.807) is 4.90 Å². The van der Waals surface area contributed by atoms with Crippen molar-refractivity contribution in [2.75, 3.05) is 24.6 Å². The van der Waals surface area contributed by atoms with E-state index in [0.29, 0.717) is 13.1 Å². The lowest BCUT2D eigenvalue weighted by molar-refractivity contribution is -0.388. The van der Waals surface area contributed by atoms with Gasteiger partial charge >= 0.3 is 6.18 Å². The van der Waals surface area contributed by atoms with Crippen LogP contribution in [0.4, 0.5) is 24.5 Å². The number of aliphatic hydroxyl groups excluding tert-OH is 1. The van der Waals surface area contributed by atoms with E-state index in [9.17, 15) is 23.3 Å². The van der Waals surface area contributed by atoms with Crippen molar-refractivity contribution in [3.8, 4) is 0 Å². The van der Waals surface area contributed by atoms with E-state index in [0.717, 1.165) is 12.1 Å². The fraction of sp³-hybridized carbons (Fsp3) is 0.455. The number of anilines is 1. The van der Waals surface area contributed by atoms with Crippen LogP contribution < -0.4 is 4.90 Å². The molecule has 0 aliphatic carbocycles. The molecule has 0 aromatic heterocycles. The quantitative estimate of drug-likeness (QED) is 0.677. The summed E-state index contributed by atoms with van der Waals surface area (Å²) in [4.78, 5) is 11.2. The number of aliphatic hydroxyl groups is 1. The zero-order chi connectivity index (χ0) is 14.2. The van der Waals surface area contributed by atoms with Gasteiger partial charge in [0.1, 0.15) is 5.56 Å². The summed E-state index contributed by atoms with van der Waals surface area (Å²) in [6.45, 7) is 0.882. The number of nitro benzene ring substituents is 1. The van der Waals surface area contributed by atoms with Crippen LogP contribution in [0.5, 0.6) is 0 Å². The molecule has 0 unspecified atom stereocenters. The lowest BCUT2D eigenvalue weighted by Gasteiger charge is -2.40. The van der Waals surface area contributed by atoms with Gasteiger partial charge in [-0.2, -0.15) is 13.2 Å². The Bertz CT molecular complexity index is 498. The second-order valence-corrected chi connectivity index (χ2v) is 4.41. The number of nitro groups is 1. The van der Waals surface area contributed by atoms with Gasteiger partial charge in [0.15, 0.2) is 0 Å². The highest BCUT2D eigenvalue weighted by molar-refractivity contribution is 5.58. The molecule has 1 heterocycles. The van der Waals surface area contributed by atoms with Crippen LogP contribution >= 0.6 is 0 Å². The first kappa shape index (κ1) is 13.6. The molecule has 8 heteroatoms. The van der Waals surface area contributed by atoms with E-state index in [-0.39, 0.29) is 18.2 Å². The van der Waals surface area contributed by atoms with Crippen LogP contribution in [0.1, 0.15) is 5.56 Å². The van der Waals surface area contributed by atoms with Gasteiger partial charge in [0.05, 0.1) is 4.92 Å².